The van der Waals surface area contributed by atoms with Gasteiger partial charge in [-0.1, -0.05) is 13.8 Å². The number of hydrogen-bond acceptors (Lipinski definition) is 4. The molecule has 0 bridgehead atoms. The van der Waals surface area contributed by atoms with Crippen LogP contribution in [0.5, 0.6) is 0 Å². The molecule has 0 aromatic rings. The Morgan fingerprint density at radius 3 is 2.19 bits per heavy atom. The minimum absolute atomic E-state index is 0.115. The van der Waals surface area contributed by atoms with Crippen molar-refractivity contribution in [1.82, 2.24) is 10.6 Å². The van der Waals surface area contributed by atoms with Gasteiger partial charge in [0.1, 0.15) is 6.04 Å². The van der Waals surface area contributed by atoms with Crippen LogP contribution in [0.3, 0.4) is 0 Å². The fraction of sp³-hybridized carbons (Fsp3) is 0.769. The van der Waals surface area contributed by atoms with Gasteiger partial charge in [-0.15, -0.1) is 0 Å². The van der Waals surface area contributed by atoms with Gasteiger partial charge in [-0.2, -0.15) is 0 Å². The van der Waals surface area contributed by atoms with E-state index in [-0.39, 0.29) is 24.8 Å². The number of hydrogen-bond donors (Lipinski definition) is 4. The largest absolute Gasteiger partial charge is 0.481 e. The lowest BCUT2D eigenvalue weighted by Gasteiger charge is -2.23. The topological polar surface area (TPSA) is 125 Å². The molecule has 4 N–H and O–H groups in total. The molecule has 2 atom stereocenters. The van der Waals surface area contributed by atoms with E-state index in [9.17, 15) is 14.4 Å². The SMILES string of the molecule is CCOCC(NC(=O)N[C@@H](CCC(=O)O)C(=O)O)C(C)C. The molecule has 0 saturated carbocycles. The second kappa shape index (κ2) is 9.98. The molecule has 8 nitrogen and oxygen atoms in total. The van der Waals surface area contributed by atoms with E-state index in [2.05, 4.69) is 10.6 Å². The molecule has 0 spiro atoms. The second-order valence-corrected chi connectivity index (χ2v) is 4.95. The molecular weight excluding hydrogens is 280 g/mol. The second-order valence-electron chi connectivity index (χ2n) is 4.95. The predicted octanol–water partition coefficient (Wildman–Crippen LogP) is 0.665. The van der Waals surface area contributed by atoms with E-state index in [0.29, 0.717) is 13.2 Å². The van der Waals surface area contributed by atoms with Gasteiger partial charge in [0.25, 0.3) is 0 Å². The minimum atomic E-state index is -1.27. The molecule has 0 radical (unpaired) electrons. The third-order valence-corrected chi connectivity index (χ3v) is 2.87. The van der Waals surface area contributed by atoms with Gasteiger partial charge in [-0.3, -0.25) is 4.79 Å². The average Bonchev–Trinajstić information content (AvgIpc) is 2.38. The van der Waals surface area contributed by atoms with Gasteiger partial charge >= 0.3 is 18.0 Å². The zero-order chi connectivity index (χ0) is 16.4. The smallest absolute Gasteiger partial charge is 0.326 e. The van der Waals surface area contributed by atoms with Crippen LogP contribution >= 0.6 is 0 Å². The lowest BCUT2D eigenvalue weighted by molar-refractivity contribution is -0.140. The van der Waals surface area contributed by atoms with E-state index in [1.54, 1.807) is 0 Å². The van der Waals surface area contributed by atoms with Crippen molar-refractivity contribution in [3.8, 4) is 0 Å². The molecule has 0 aromatic heterocycles. The molecule has 122 valence electrons. The number of amides is 2. The molecule has 0 rings (SSSR count). The molecule has 0 fully saturated rings. The summed E-state index contributed by atoms with van der Waals surface area (Å²) >= 11 is 0. The van der Waals surface area contributed by atoms with Crippen LogP contribution in [0.4, 0.5) is 4.79 Å². The van der Waals surface area contributed by atoms with Crippen LogP contribution in [0.1, 0.15) is 33.6 Å². The van der Waals surface area contributed by atoms with Crippen molar-refractivity contribution >= 4 is 18.0 Å². The summed E-state index contributed by atoms with van der Waals surface area (Å²) in [6.07, 6.45) is -0.500. The van der Waals surface area contributed by atoms with E-state index in [1.165, 1.54) is 0 Å². The number of aliphatic carboxylic acids is 2. The number of carboxylic acids is 2. The monoisotopic (exact) mass is 304 g/mol. The van der Waals surface area contributed by atoms with Crippen LogP contribution in [-0.4, -0.2) is 53.5 Å². The first kappa shape index (κ1) is 19.2. The maximum Gasteiger partial charge on any atom is 0.326 e. The van der Waals surface area contributed by atoms with Crippen molar-refractivity contribution in [2.24, 2.45) is 5.92 Å². The lowest BCUT2D eigenvalue weighted by atomic mass is 10.1. The fourth-order valence-electron chi connectivity index (χ4n) is 1.54. The normalized spacial score (nSPS) is 13.5. The third-order valence-electron chi connectivity index (χ3n) is 2.87. The molecule has 0 aliphatic heterocycles. The van der Waals surface area contributed by atoms with Gasteiger partial charge in [0.2, 0.25) is 0 Å². The van der Waals surface area contributed by atoms with Gasteiger partial charge < -0.3 is 25.6 Å². The number of ether oxygens (including phenoxy) is 1. The van der Waals surface area contributed by atoms with E-state index < -0.39 is 24.0 Å². The Balaban J connectivity index is 4.45. The summed E-state index contributed by atoms with van der Waals surface area (Å²) in [5.74, 6) is -2.26. The summed E-state index contributed by atoms with van der Waals surface area (Å²) in [7, 11) is 0. The highest BCUT2D eigenvalue weighted by molar-refractivity contribution is 5.83. The first-order valence-electron chi connectivity index (χ1n) is 6.87. The number of carbonyl (C=O) groups excluding carboxylic acids is 1. The molecule has 0 saturated heterocycles. The minimum Gasteiger partial charge on any atom is -0.481 e. The average molecular weight is 304 g/mol. The van der Waals surface area contributed by atoms with Crippen LogP contribution in [0.2, 0.25) is 0 Å². The highest BCUT2D eigenvalue weighted by Crippen LogP contribution is 2.03. The van der Waals surface area contributed by atoms with Crippen LogP contribution in [0.25, 0.3) is 0 Å². The predicted molar refractivity (Wildman–Crippen MR) is 75.1 cm³/mol. The molecule has 0 aliphatic rings. The van der Waals surface area contributed by atoms with E-state index in [0.717, 1.165) is 0 Å². The van der Waals surface area contributed by atoms with Gasteiger partial charge in [-0.25, -0.2) is 9.59 Å². The summed E-state index contributed by atoms with van der Waals surface area (Å²) in [6.45, 7) is 6.49. The van der Waals surface area contributed by atoms with Crippen molar-refractivity contribution in [3.05, 3.63) is 0 Å². The summed E-state index contributed by atoms with van der Waals surface area (Å²) < 4.78 is 5.25. The molecule has 0 aliphatic carbocycles. The highest BCUT2D eigenvalue weighted by Gasteiger charge is 2.23. The molecular formula is C13H24N2O6. The third kappa shape index (κ3) is 8.85. The first-order chi connectivity index (χ1) is 9.77. The van der Waals surface area contributed by atoms with E-state index in [1.807, 2.05) is 20.8 Å². The Bertz CT molecular complexity index is 359. The number of rotatable bonds is 10. The Morgan fingerprint density at radius 2 is 1.76 bits per heavy atom. The van der Waals surface area contributed by atoms with E-state index in [4.69, 9.17) is 14.9 Å². The van der Waals surface area contributed by atoms with Gasteiger partial charge in [0.15, 0.2) is 0 Å². The summed E-state index contributed by atoms with van der Waals surface area (Å²) in [5, 5.41) is 22.4. The van der Waals surface area contributed by atoms with Crippen LogP contribution < -0.4 is 10.6 Å². The standard InChI is InChI=1S/C13H24N2O6/c1-4-21-7-10(8(2)3)15-13(20)14-9(12(18)19)5-6-11(16)17/h8-10H,4-7H2,1-3H3,(H,16,17)(H,18,19)(H2,14,15,20)/t9-,10?/m0/s1. The van der Waals surface area contributed by atoms with Crippen molar-refractivity contribution in [1.29, 1.82) is 0 Å². The zero-order valence-electron chi connectivity index (χ0n) is 12.6. The van der Waals surface area contributed by atoms with Crippen LogP contribution in [0, 0.1) is 5.92 Å². The van der Waals surface area contributed by atoms with Crippen LogP contribution in [0.15, 0.2) is 0 Å². The van der Waals surface area contributed by atoms with Gasteiger partial charge in [0, 0.05) is 13.0 Å². The van der Waals surface area contributed by atoms with E-state index >= 15 is 0 Å². The van der Waals surface area contributed by atoms with Crippen LogP contribution in [-0.2, 0) is 14.3 Å². The molecule has 0 heterocycles. The first-order valence-corrected chi connectivity index (χ1v) is 6.87. The lowest BCUT2D eigenvalue weighted by Crippen LogP contribution is -2.51. The van der Waals surface area contributed by atoms with Crippen molar-refractivity contribution < 1.29 is 29.3 Å². The Hall–Kier alpha value is -1.83. The molecule has 0 aromatic carbocycles. The fourth-order valence-corrected chi connectivity index (χ4v) is 1.54. The molecule has 21 heavy (non-hydrogen) atoms. The Labute approximate surface area is 123 Å². The van der Waals surface area contributed by atoms with Gasteiger partial charge in [0.05, 0.1) is 12.6 Å². The number of nitrogens with one attached hydrogen (secondary N) is 2. The molecule has 2 amide bonds. The van der Waals surface area contributed by atoms with Crippen molar-refractivity contribution in [2.45, 2.75) is 45.7 Å². The Kier molecular flexibility index (Phi) is 9.11. The Morgan fingerprint density at radius 1 is 1.14 bits per heavy atom. The number of carboxylic acid groups (broad SMARTS) is 2. The summed E-state index contributed by atoms with van der Waals surface area (Å²) in [6, 6.07) is -2.13. The zero-order valence-corrected chi connectivity index (χ0v) is 12.6. The quantitative estimate of drug-likeness (QED) is 0.470. The maximum atomic E-state index is 11.8. The summed E-state index contributed by atoms with van der Waals surface area (Å²) in [5.41, 5.74) is 0. The molecule has 8 heteroatoms. The molecule has 1 unspecified atom stereocenters. The number of urea groups is 1. The van der Waals surface area contributed by atoms with Crippen molar-refractivity contribution in [3.63, 3.8) is 0 Å². The maximum absolute atomic E-state index is 11.8. The summed E-state index contributed by atoms with van der Waals surface area (Å²) in [4.78, 5) is 33.2. The number of carbonyl (C=O) groups is 3. The van der Waals surface area contributed by atoms with Crippen molar-refractivity contribution in [2.75, 3.05) is 13.2 Å². The van der Waals surface area contributed by atoms with Gasteiger partial charge in [-0.05, 0) is 19.3 Å². The highest BCUT2D eigenvalue weighted by atomic mass is 16.5.